The predicted octanol–water partition coefficient (Wildman–Crippen LogP) is 8.05. The lowest BCUT2D eigenvalue weighted by molar-refractivity contribution is -0.141. The number of hydrogen-bond donors (Lipinski definition) is 1. The fourth-order valence-corrected chi connectivity index (χ4v) is 5.18. The zero-order valence-electron chi connectivity index (χ0n) is 18.3. The lowest BCUT2D eigenvalue weighted by Gasteiger charge is -2.22. The van der Waals surface area contributed by atoms with Crippen molar-refractivity contribution in [2.75, 3.05) is 5.32 Å². The molecule has 0 unspecified atom stereocenters. The number of ether oxygens (including phenoxy) is 1. The first kappa shape index (κ1) is 22.6. The average Bonchev–Trinajstić information content (AvgIpc) is 3.38. The van der Waals surface area contributed by atoms with Crippen molar-refractivity contribution in [1.82, 2.24) is 9.97 Å². The average molecular weight is 462 g/mol. The molecule has 0 atom stereocenters. The molecule has 0 bridgehead atoms. The zero-order valence-corrected chi connectivity index (χ0v) is 19.1. The normalized spacial score (nSPS) is 15.2. The quantitative estimate of drug-likeness (QED) is 0.418. The minimum absolute atomic E-state index is 0.0806. The first-order valence-corrected chi connectivity index (χ1v) is 11.5. The van der Waals surface area contributed by atoms with E-state index in [1.165, 1.54) is 0 Å². The van der Waals surface area contributed by atoms with Crippen molar-refractivity contribution in [2.24, 2.45) is 0 Å². The van der Waals surface area contributed by atoms with Crippen LogP contribution in [0.2, 0.25) is 0 Å². The molecule has 4 nitrogen and oxygen atoms in total. The molecule has 0 aliphatic heterocycles. The molecular weight excluding hydrogens is 435 g/mol. The van der Waals surface area contributed by atoms with E-state index in [9.17, 15) is 13.2 Å². The third-order valence-corrected chi connectivity index (χ3v) is 6.70. The number of alkyl halides is 3. The highest BCUT2D eigenvalue weighted by molar-refractivity contribution is 7.15. The second kappa shape index (κ2) is 8.73. The molecule has 2 aromatic heterocycles. The van der Waals surface area contributed by atoms with E-state index >= 15 is 0 Å². The fraction of sp³-hybridized carbons (Fsp3) is 0.417. The largest absolute Gasteiger partial charge is 0.437 e. The van der Waals surface area contributed by atoms with Crippen molar-refractivity contribution in [3.05, 3.63) is 58.7 Å². The number of pyridine rings is 1. The van der Waals surface area contributed by atoms with Gasteiger partial charge in [0.1, 0.15) is 11.4 Å². The minimum Gasteiger partial charge on any atom is -0.437 e. The van der Waals surface area contributed by atoms with Crippen LogP contribution < -0.4 is 10.1 Å². The summed E-state index contributed by atoms with van der Waals surface area (Å²) in [5, 5.41) is 3.22. The van der Waals surface area contributed by atoms with Gasteiger partial charge < -0.3 is 10.1 Å². The molecule has 32 heavy (non-hydrogen) atoms. The number of nitrogens with one attached hydrogen (secondary N) is 1. The molecule has 2 heterocycles. The van der Waals surface area contributed by atoms with E-state index in [4.69, 9.17) is 4.74 Å². The van der Waals surface area contributed by atoms with Gasteiger partial charge in [0.05, 0.1) is 0 Å². The molecule has 1 aliphatic carbocycles. The van der Waals surface area contributed by atoms with Gasteiger partial charge in [0.2, 0.25) is 5.88 Å². The highest BCUT2D eigenvalue weighted by atomic mass is 32.1. The number of para-hydroxylation sites is 1. The van der Waals surface area contributed by atoms with Crippen LogP contribution in [0.4, 0.5) is 24.0 Å². The maximum Gasteiger partial charge on any atom is 0.434 e. The second-order valence-electron chi connectivity index (χ2n) is 9.04. The molecule has 1 fully saturated rings. The molecule has 170 valence electrons. The summed E-state index contributed by atoms with van der Waals surface area (Å²) in [5.41, 5.74) is 0.554. The number of aromatic nitrogens is 2. The molecule has 1 aromatic carbocycles. The Hall–Kier alpha value is -2.61. The topological polar surface area (TPSA) is 47.0 Å². The molecule has 4 rings (SSSR count). The first-order valence-electron chi connectivity index (χ1n) is 10.7. The number of thiazole rings is 1. The van der Waals surface area contributed by atoms with Crippen LogP contribution in [0.1, 0.15) is 68.5 Å². The lowest BCUT2D eigenvalue weighted by atomic mass is 9.86. The molecular formula is C24H26F3N3OS. The highest BCUT2D eigenvalue weighted by Gasteiger charge is 2.40. The van der Waals surface area contributed by atoms with E-state index in [1.807, 2.05) is 24.3 Å². The van der Waals surface area contributed by atoms with Gasteiger partial charge >= 0.3 is 6.18 Å². The number of anilines is 2. The Balaban J connectivity index is 1.65. The molecule has 0 radical (unpaired) electrons. The summed E-state index contributed by atoms with van der Waals surface area (Å²) in [5.74, 6) is 0.863. The van der Waals surface area contributed by atoms with Gasteiger partial charge in [-0.2, -0.15) is 13.2 Å². The molecule has 1 aliphatic rings. The van der Waals surface area contributed by atoms with Crippen LogP contribution in [0.25, 0.3) is 0 Å². The SMILES string of the molecule is CC(C)(C)c1ccccc1Oc1ncccc1Nc1nc(C(F)(F)F)c(C2CCCC2)s1. The summed E-state index contributed by atoms with van der Waals surface area (Å²) in [7, 11) is 0. The van der Waals surface area contributed by atoms with Crippen LogP contribution in [-0.2, 0) is 11.6 Å². The summed E-state index contributed by atoms with van der Waals surface area (Å²) in [6.07, 6.45) is 0.569. The summed E-state index contributed by atoms with van der Waals surface area (Å²) in [6, 6.07) is 11.1. The Bertz CT molecular complexity index is 1080. The van der Waals surface area contributed by atoms with Crippen molar-refractivity contribution < 1.29 is 17.9 Å². The van der Waals surface area contributed by atoms with E-state index < -0.39 is 11.9 Å². The lowest BCUT2D eigenvalue weighted by Crippen LogP contribution is -2.12. The Morgan fingerprint density at radius 1 is 1.03 bits per heavy atom. The molecule has 0 spiro atoms. The van der Waals surface area contributed by atoms with E-state index in [-0.39, 0.29) is 22.3 Å². The van der Waals surface area contributed by atoms with E-state index in [0.717, 1.165) is 42.6 Å². The summed E-state index contributed by atoms with van der Waals surface area (Å²) < 4.78 is 47.1. The summed E-state index contributed by atoms with van der Waals surface area (Å²) in [4.78, 5) is 8.57. The van der Waals surface area contributed by atoms with Crippen LogP contribution in [-0.4, -0.2) is 9.97 Å². The summed E-state index contributed by atoms with van der Waals surface area (Å²) in [6.45, 7) is 6.27. The van der Waals surface area contributed by atoms with Gasteiger partial charge in [-0.25, -0.2) is 9.97 Å². The Morgan fingerprint density at radius 2 is 1.75 bits per heavy atom. The van der Waals surface area contributed by atoms with Crippen molar-refractivity contribution in [3.8, 4) is 11.6 Å². The highest BCUT2D eigenvalue weighted by Crippen LogP contribution is 2.46. The van der Waals surface area contributed by atoms with Gasteiger partial charge in [0.25, 0.3) is 0 Å². The van der Waals surface area contributed by atoms with Gasteiger partial charge in [0.15, 0.2) is 10.8 Å². The van der Waals surface area contributed by atoms with Crippen molar-refractivity contribution in [3.63, 3.8) is 0 Å². The number of hydrogen-bond acceptors (Lipinski definition) is 5. The smallest absolute Gasteiger partial charge is 0.434 e. The number of halogens is 3. The number of rotatable bonds is 5. The van der Waals surface area contributed by atoms with Gasteiger partial charge in [-0.1, -0.05) is 51.8 Å². The van der Waals surface area contributed by atoms with Crippen LogP contribution in [0.3, 0.4) is 0 Å². The van der Waals surface area contributed by atoms with Gasteiger partial charge in [-0.05, 0) is 42.4 Å². The maximum atomic E-state index is 13.7. The summed E-state index contributed by atoms with van der Waals surface area (Å²) >= 11 is 1.08. The zero-order chi connectivity index (χ0) is 22.9. The maximum absolute atomic E-state index is 13.7. The molecule has 1 saturated carbocycles. The monoisotopic (exact) mass is 461 g/mol. The third kappa shape index (κ3) is 4.90. The van der Waals surface area contributed by atoms with Crippen LogP contribution in [0, 0.1) is 0 Å². The Kier molecular flexibility index (Phi) is 6.16. The van der Waals surface area contributed by atoms with Gasteiger partial charge in [-0.15, -0.1) is 11.3 Å². The van der Waals surface area contributed by atoms with Crippen molar-refractivity contribution >= 4 is 22.2 Å². The first-order chi connectivity index (χ1) is 15.1. The molecule has 3 aromatic rings. The van der Waals surface area contributed by atoms with Crippen LogP contribution in [0.15, 0.2) is 42.6 Å². The van der Waals surface area contributed by atoms with E-state index in [1.54, 1.807) is 18.3 Å². The van der Waals surface area contributed by atoms with Gasteiger partial charge in [-0.3, -0.25) is 0 Å². The molecule has 1 N–H and O–H groups in total. The van der Waals surface area contributed by atoms with Crippen molar-refractivity contribution in [2.45, 2.75) is 64.0 Å². The van der Waals surface area contributed by atoms with Crippen LogP contribution in [0.5, 0.6) is 11.6 Å². The fourth-order valence-electron chi connectivity index (χ4n) is 4.02. The predicted molar refractivity (Wildman–Crippen MR) is 121 cm³/mol. The minimum atomic E-state index is -4.48. The third-order valence-electron chi connectivity index (χ3n) is 5.56. The number of nitrogens with zero attached hydrogens (tertiary/aromatic N) is 2. The molecule has 8 heteroatoms. The van der Waals surface area contributed by atoms with Crippen LogP contribution >= 0.6 is 11.3 Å². The number of benzene rings is 1. The molecule has 0 amide bonds. The Labute approximate surface area is 189 Å². The second-order valence-corrected chi connectivity index (χ2v) is 10.1. The van der Waals surface area contributed by atoms with E-state index in [2.05, 4.69) is 36.1 Å². The van der Waals surface area contributed by atoms with E-state index in [0.29, 0.717) is 16.3 Å². The molecule has 0 saturated heterocycles. The van der Waals surface area contributed by atoms with Gasteiger partial charge in [0, 0.05) is 16.6 Å². The standard InChI is InChI=1S/C24H26F3N3OS/c1-23(2,3)16-11-6-7-13-18(16)31-21-17(12-8-14-28-21)29-22-30-20(24(25,26)27)19(32-22)15-9-4-5-10-15/h6-8,11-15H,4-5,9-10H2,1-3H3,(H,29,30). The Morgan fingerprint density at radius 3 is 2.44 bits per heavy atom. The van der Waals surface area contributed by atoms with Crippen molar-refractivity contribution in [1.29, 1.82) is 0 Å².